The zero-order chi connectivity index (χ0) is 22.4. The number of ether oxygens (including phenoxy) is 4. The molecule has 0 heterocycles. The number of ketones is 1. The third-order valence-electron chi connectivity index (χ3n) is 4.19. The third kappa shape index (κ3) is 10.3. The van der Waals surface area contributed by atoms with Gasteiger partial charge >= 0.3 is 0 Å². The molecular formula is C21H40N2O7. The van der Waals surface area contributed by atoms with Gasteiger partial charge < -0.3 is 29.6 Å². The maximum absolute atomic E-state index is 11.7. The van der Waals surface area contributed by atoms with Crippen molar-refractivity contribution in [3.05, 3.63) is 20.4 Å². The molecule has 9 heteroatoms. The summed E-state index contributed by atoms with van der Waals surface area (Å²) in [7, 11) is 0. The van der Waals surface area contributed by atoms with E-state index in [1.54, 1.807) is 0 Å². The summed E-state index contributed by atoms with van der Waals surface area (Å²) in [6.45, 7) is 11.5. The van der Waals surface area contributed by atoms with E-state index in [0.717, 1.165) is 0 Å². The van der Waals surface area contributed by atoms with Crippen LogP contribution in [0.2, 0.25) is 0 Å². The van der Waals surface area contributed by atoms with Gasteiger partial charge in [-0.05, 0) is 13.8 Å². The Bertz CT molecular complexity index is 692. The number of hydrogen-bond acceptors (Lipinski definition) is 9. The van der Waals surface area contributed by atoms with Gasteiger partial charge in [0.05, 0.1) is 52.4 Å². The van der Waals surface area contributed by atoms with Crippen molar-refractivity contribution in [2.45, 2.75) is 40.2 Å². The summed E-state index contributed by atoms with van der Waals surface area (Å²) in [5, 5.41) is 5.87. The minimum Gasteiger partial charge on any atom is -0.379 e. The molecule has 0 radical (unpaired) electrons. The van der Waals surface area contributed by atoms with Crippen LogP contribution in [-0.4, -0.2) is 71.2 Å². The first-order valence-corrected chi connectivity index (χ1v) is 10.5. The van der Waals surface area contributed by atoms with Crippen molar-refractivity contribution < 1.29 is 26.6 Å². The number of anilines is 2. The smallest absolute Gasteiger partial charge is 0.253 e. The molecule has 1 rings (SSSR count). The van der Waals surface area contributed by atoms with Crippen molar-refractivity contribution in [3.63, 3.8) is 0 Å². The first-order chi connectivity index (χ1) is 14.3. The topological polar surface area (TPSA) is 112 Å². The Labute approximate surface area is 181 Å². The average molecular weight is 433 g/mol. The molecule has 2 N–H and O–H groups in total. The first-order valence-electron chi connectivity index (χ1n) is 10.5. The van der Waals surface area contributed by atoms with Crippen LogP contribution in [0.1, 0.15) is 37.0 Å². The van der Waals surface area contributed by atoms with Crippen molar-refractivity contribution in [3.8, 4) is 0 Å². The Morgan fingerprint density at radius 3 is 1.73 bits per heavy atom. The van der Waals surface area contributed by atoms with Gasteiger partial charge in [-0.25, -0.2) is 0 Å². The van der Waals surface area contributed by atoms with Gasteiger partial charge in [-0.15, -0.1) is 0 Å². The molecule has 9 nitrogen and oxygen atoms in total. The molecule has 0 amide bonds. The molecule has 0 spiro atoms. The van der Waals surface area contributed by atoms with E-state index in [2.05, 4.69) is 10.6 Å². The molecule has 0 bridgehead atoms. The minimum atomic E-state index is -0.513. The maximum Gasteiger partial charge on any atom is 0.253 e. The molecule has 0 unspecified atom stereocenters. The lowest BCUT2D eigenvalue weighted by Crippen LogP contribution is -2.38. The summed E-state index contributed by atoms with van der Waals surface area (Å²) in [5.41, 5.74) is -0.406. The van der Waals surface area contributed by atoms with Crippen LogP contribution in [0.4, 0.5) is 11.4 Å². The Morgan fingerprint density at radius 1 is 0.767 bits per heavy atom. The highest BCUT2D eigenvalue weighted by molar-refractivity contribution is 5.80. The van der Waals surface area contributed by atoms with Crippen LogP contribution in [-0.2, 0) is 23.7 Å². The molecule has 0 saturated carbocycles. The van der Waals surface area contributed by atoms with Crippen LogP contribution in [0.25, 0.3) is 0 Å². The fourth-order valence-corrected chi connectivity index (χ4v) is 2.45. The zero-order valence-electron chi connectivity index (χ0n) is 18.6. The van der Waals surface area contributed by atoms with Gasteiger partial charge in [0.25, 0.3) is 10.9 Å². The van der Waals surface area contributed by atoms with Gasteiger partial charge in [-0.2, -0.15) is 0 Å². The van der Waals surface area contributed by atoms with Crippen LogP contribution in [0.3, 0.4) is 0 Å². The standard InChI is InChI=1S/C21H36N2O7.2H2/c1-15(2)17(24)5-8-27-11-13-29-14-12-28-9-6-22-18-19(21(26)20(18)25)23-7-10-30-16(3)4;;/h15-16,22-23H,5-14H2,1-4H3;2*1H. The number of rotatable bonds is 19. The molecule has 0 aliphatic carbocycles. The Kier molecular flexibility index (Phi) is 13.2. The summed E-state index contributed by atoms with van der Waals surface area (Å²) < 4.78 is 21.5. The Hall–Kier alpha value is -1.81. The first kappa shape index (κ1) is 26.2. The number of hydrogen-bond donors (Lipinski definition) is 2. The largest absolute Gasteiger partial charge is 0.379 e. The number of carbonyl (C=O) groups is 1. The minimum absolute atomic E-state index is 0. The van der Waals surface area contributed by atoms with E-state index in [9.17, 15) is 14.4 Å². The summed E-state index contributed by atoms with van der Waals surface area (Å²) in [6, 6.07) is 0. The highest BCUT2D eigenvalue weighted by atomic mass is 16.5. The van der Waals surface area contributed by atoms with Crippen molar-refractivity contribution in [2.75, 3.05) is 70.0 Å². The lowest BCUT2D eigenvalue weighted by Gasteiger charge is -2.15. The van der Waals surface area contributed by atoms with Gasteiger partial charge in [0, 0.05) is 28.3 Å². The van der Waals surface area contributed by atoms with E-state index in [4.69, 9.17) is 18.9 Å². The molecule has 0 saturated heterocycles. The van der Waals surface area contributed by atoms with E-state index < -0.39 is 10.9 Å². The average Bonchev–Trinajstić information content (AvgIpc) is 2.71. The van der Waals surface area contributed by atoms with Crippen molar-refractivity contribution >= 4 is 17.2 Å². The number of nitrogens with one attached hydrogen (secondary N) is 2. The van der Waals surface area contributed by atoms with Crippen LogP contribution in [0, 0.1) is 5.92 Å². The lowest BCUT2D eigenvalue weighted by molar-refractivity contribution is -0.123. The summed E-state index contributed by atoms with van der Waals surface area (Å²) in [5.74, 6) is 0.243. The molecule has 30 heavy (non-hydrogen) atoms. The maximum atomic E-state index is 11.7. The third-order valence-corrected chi connectivity index (χ3v) is 4.19. The second-order valence-electron chi connectivity index (χ2n) is 7.39. The van der Waals surface area contributed by atoms with Gasteiger partial charge in [0.2, 0.25) is 0 Å². The molecule has 0 aliphatic rings. The zero-order valence-corrected chi connectivity index (χ0v) is 18.6. The van der Waals surface area contributed by atoms with Gasteiger partial charge in [-0.1, -0.05) is 13.8 Å². The SMILES string of the molecule is CC(C)OCCNc1c(NCCOCCOCCOCCC(=O)C(C)C)c(=O)c1=O.[HH].[HH]. The van der Waals surface area contributed by atoms with E-state index in [-0.39, 0.29) is 20.7 Å². The highest BCUT2D eigenvalue weighted by Gasteiger charge is 2.19. The predicted octanol–water partition coefficient (Wildman–Crippen LogP) is 1.69. The van der Waals surface area contributed by atoms with Crippen LogP contribution >= 0.6 is 0 Å². The van der Waals surface area contributed by atoms with Crippen molar-refractivity contribution in [2.24, 2.45) is 5.92 Å². The van der Waals surface area contributed by atoms with Gasteiger partial charge in [0.15, 0.2) is 0 Å². The second-order valence-corrected chi connectivity index (χ2v) is 7.39. The number of carbonyl (C=O) groups excluding carboxylic acids is 1. The van der Waals surface area contributed by atoms with Crippen molar-refractivity contribution in [1.29, 1.82) is 0 Å². The number of Topliss-reactive ketones (excluding diaryl/α,β-unsaturated/α-hetero) is 1. The molecular weight excluding hydrogens is 392 g/mol. The highest BCUT2D eigenvalue weighted by Crippen LogP contribution is 2.13. The summed E-state index contributed by atoms with van der Waals surface area (Å²) in [4.78, 5) is 34.7. The fourth-order valence-electron chi connectivity index (χ4n) is 2.45. The van der Waals surface area contributed by atoms with E-state index in [0.29, 0.717) is 77.1 Å². The normalized spacial score (nSPS) is 11.5. The van der Waals surface area contributed by atoms with Crippen molar-refractivity contribution in [1.82, 2.24) is 0 Å². The Balaban J connectivity index is 0. The van der Waals surface area contributed by atoms with E-state index >= 15 is 0 Å². The van der Waals surface area contributed by atoms with Crippen LogP contribution < -0.4 is 21.5 Å². The predicted molar refractivity (Wildman–Crippen MR) is 121 cm³/mol. The molecule has 0 fully saturated rings. The molecule has 176 valence electrons. The van der Waals surface area contributed by atoms with Crippen LogP contribution in [0.15, 0.2) is 9.59 Å². The molecule has 0 aromatic heterocycles. The molecule has 1 aromatic carbocycles. The van der Waals surface area contributed by atoms with Crippen LogP contribution in [0.5, 0.6) is 0 Å². The van der Waals surface area contributed by atoms with Gasteiger partial charge in [-0.3, -0.25) is 14.4 Å². The van der Waals surface area contributed by atoms with E-state index in [1.165, 1.54) is 0 Å². The van der Waals surface area contributed by atoms with E-state index in [1.807, 2.05) is 27.7 Å². The quantitative estimate of drug-likeness (QED) is 0.249. The summed E-state index contributed by atoms with van der Waals surface area (Å²) >= 11 is 0. The molecule has 0 atom stereocenters. The van der Waals surface area contributed by atoms with Gasteiger partial charge in [0.1, 0.15) is 17.2 Å². The Morgan fingerprint density at radius 2 is 1.23 bits per heavy atom. The molecule has 0 aliphatic heterocycles. The monoisotopic (exact) mass is 432 g/mol. The summed E-state index contributed by atoms with van der Waals surface area (Å²) in [6.07, 6.45) is 0.549. The molecule has 1 aromatic rings. The fraction of sp³-hybridized carbons (Fsp3) is 0.762. The second kappa shape index (κ2) is 15.1. The lowest BCUT2D eigenvalue weighted by atomic mass is 10.1.